The minimum Gasteiger partial charge on any atom is -0.502 e. The maximum absolute atomic E-state index is 10.2. The second-order valence-corrected chi connectivity index (χ2v) is 2.05. The number of rotatable bonds is 4. The molecule has 0 amide bonds. The largest absolute Gasteiger partial charge is 0.502 e. The van der Waals surface area contributed by atoms with Gasteiger partial charge in [0.05, 0.1) is 0 Å². The molecule has 0 aliphatic rings. The third-order valence-corrected chi connectivity index (χ3v) is 1.09. The molecule has 0 radical (unpaired) electrons. The van der Waals surface area contributed by atoms with E-state index < -0.39 is 29.2 Å². The van der Waals surface area contributed by atoms with Crippen molar-refractivity contribution in [2.24, 2.45) is 0 Å². The van der Waals surface area contributed by atoms with Gasteiger partial charge < -0.3 is 20.4 Å². The highest BCUT2D eigenvalue weighted by atomic mass is 16.4. The molecule has 0 atom stereocenters. The van der Waals surface area contributed by atoms with Gasteiger partial charge in [-0.05, 0) is 12.2 Å². The number of aliphatic hydroxyl groups excluding tert-OH is 1. The number of carboxylic acid groups (broad SMARTS) is 3. The van der Waals surface area contributed by atoms with E-state index in [2.05, 4.69) is 0 Å². The Hall–Kier alpha value is -2.31. The Balaban J connectivity index is 4.96. The van der Waals surface area contributed by atoms with Gasteiger partial charge in [-0.25, -0.2) is 14.4 Å². The Labute approximate surface area is 77.2 Å². The monoisotopic (exact) mass is 202 g/mol. The fourth-order valence-electron chi connectivity index (χ4n) is 0.468. The summed E-state index contributed by atoms with van der Waals surface area (Å²) >= 11 is 0. The number of carbonyl (C=O) groups is 3. The topological polar surface area (TPSA) is 132 Å². The van der Waals surface area contributed by atoms with Gasteiger partial charge in [-0.3, -0.25) is 0 Å². The molecule has 7 nitrogen and oxygen atoms in total. The molecule has 7 heteroatoms. The van der Waals surface area contributed by atoms with E-state index in [-0.39, 0.29) is 0 Å². The molecule has 0 aliphatic carbocycles. The quantitative estimate of drug-likeness (QED) is 0.160. The first-order valence-corrected chi connectivity index (χ1v) is 3.17. The normalized spacial score (nSPS) is 10.4. The molecule has 0 fully saturated rings. The zero-order chi connectivity index (χ0) is 11.3. The summed E-state index contributed by atoms with van der Waals surface area (Å²) in [5.74, 6) is -6.29. The van der Waals surface area contributed by atoms with Crippen LogP contribution in [0.2, 0.25) is 0 Å². The van der Waals surface area contributed by atoms with Crippen LogP contribution in [0.5, 0.6) is 0 Å². The Bertz CT molecular complexity index is 320. The molecule has 0 saturated heterocycles. The van der Waals surface area contributed by atoms with Crippen molar-refractivity contribution in [2.75, 3.05) is 0 Å². The molecule has 0 rings (SSSR count). The first-order chi connectivity index (χ1) is 6.36. The molecule has 14 heavy (non-hydrogen) atoms. The lowest BCUT2D eigenvalue weighted by atomic mass is 10.2. The van der Waals surface area contributed by atoms with Crippen LogP contribution in [0.3, 0.4) is 0 Å². The maximum Gasteiger partial charge on any atom is 0.370 e. The number of carboxylic acids is 3. The van der Waals surface area contributed by atoms with Crippen LogP contribution >= 0.6 is 0 Å². The van der Waals surface area contributed by atoms with Crippen LogP contribution in [0, 0.1) is 0 Å². The van der Waals surface area contributed by atoms with E-state index in [4.69, 9.17) is 20.4 Å². The Morgan fingerprint density at radius 2 is 1.14 bits per heavy atom. The SMILES string of the molecule is O=C(O)C(=C/C=C(\O)C(=O)O)C(=O)O. The molecular formula is C7H6O7. The van der Waals surface area contributed by atoms with Crippen molar-refractivity contribution >= 4 is 17.9 Å². The van der Waals surface area contributed by atoms with Gasteiger partial charge in [-0.2, -0.15) is 0 Å². The highest BCUT2D eigenvalue weighted by Crippen LogP contribution is 1.98. The molecule has 0 heterocycles. The molecular weight excluding hydrogens is 196 g/mol. The molecule has 4 N–H and O–H groups in total. The van der Waals surface area contributed by atoms with E-state index in [1.807, 2.05) is 0 Å². The van der Waals surface area contributed by atoms with Gasteiger partial charge in [0.25, 0.3) is 0 Å². The summed E-state index contributed by atoms with van der Waals surface area (Å²) < 4.78 is 0. The van der Waals surface area contributed by atoms with E-state index in [1.54, 1.807) is 0 Å². The Morgan fingerprint density at radius 1 is 0.714 bits per heavy atom. The highest BCUT2D eigenvalue weighted by molar-refractivity contribution is 6.12. The van der Waals surface area contributed by atoms with E-state index >= 15 is 0 Å². The number of aliphatic carboxylic acids is 3. The zero-order valence-corrected chi connectivity index (χ0v) is 6.67. The van der Waals surface area contributed by atoms with Gasteiger partial charge in [0.15, 0.2) is 0 Å². The molecule has 0 saturated carbocycles. The third kappa shape index (κ3) is 3.39. The van der Waals surface area contributed by atoms with Crippen LogP contribution < -0.4 is 0 Å². The summed E-state index contributed by atoms with van der Waals surface area (Å²) in [5.41, 5.74) is -1.04. The highest BCUT2D eigenvalue weighted by Gasteiger charge is 2.15. The zero-order valence-electron chi connectivity index (χ0n) is 6.67. The Morgan fingerprint density at radius 3 is 1.43 bits per heavy atom. The lowest BCUT2D eigenvalue weighted by Crippen LogP contribution is -2.11. The van der Waals surface area contributed by atoms with Crippen LogP contribution in [0.25, 0.3) is 0 Å². The van der Waals surface area contributed by atoms with Crippen molar-refractivity contribution in [3.05, 3.63) is 23.5 Å². The van der Waals surface area contributed by atoms with Gasteiger partial charge in [-0.15, -0.1) is 0 Å². The van der Waals surface area contributed by atoms with Gasteiger partial charge in [-0.1, -0.05) is 0 Å². The summed E-state index contributed by atoms with van der Waals surface area (Å²) in [4.78, 5) is 30.4. The van der Waals surface area contributed by atoms with Crippen molar-refractivity contribution in [3.63, 3.8) is 0 Å². The van der Waals surface area contributed by atoms with Crippen LogP contribution in [-0.4, -0.2) is 38.3 Å². The van der Waals surface area contributed by atoms with Crippen molar-refractivity contribution in [1.82, 2.24) is 0 Å². The molecule has 76 valence electrons. The van der Waals surface area contributed by atoms with Crippen molar-refractivity contribution in [3.8, 4) is 0 Å². The fraction of sp³-hybridized carbons (Fsp3) is 0. The van der Waals surface area contributed by atoms with E-state index in [9.17, 15) is 14.4 Å². The summed E-state index contributed by atoms with van der Waals surface area (Å²) in [6.07, 6.45) is 0.952. The molecule has 0 bridgehead atoms. The van der Waals surface area contributed by atoms with Gasteiger partial charge >= 0.3 is 17.9 Å². The standard InChI is InChI=1S/C7H6O7/c8-4(7(13)14)2-1-3(5(9)10)6(11)12/h1-2,8H,(H,9,10)(H,11,12)(H,13,14)/b4-2-. The van der Waals surface area contributed by atoms with Crippen molar-refractivity contribution in [1.29, 1.82) is 0 Å². The lowest BCUT2D eigenvalue weighted by molar-refractivity contribution is -0.140. The molecule has 0 spiro atoms. The summed E-state index contributed by atoms with van der Waals surface area (Å²) in [5, 5.41) is 33.3. The molecule has 0 aliphatic heterocycles. The Kier molecular flexibility index (Phi) is 3.88. The summed E-state index contributed by atoms with van der Waals surface area (Å²) in [6.45, 7) is 0. The van der Waals surface area contributed by atoms with E-state index in [0.717, 1.165) is 0 Å². The van der Waals surface area contributed by atoms with E-state index in [0.29, 0.717) is 12.2 Å². The lowest BCUT2D eigenvalue weighted by Gasteiger charge is -1.92. The van der Waals surface area contributed by atoms with Crippen LogP contribution in [0.15, 0.2) is 23.5 Å². The predicted octanol–water partition coefficient (Wildman–Crippen LogP) is -0.391. The van der Waals surface area contributed by atoms with Crippen molar-refractivity contribution < 1.29 is 34.8 Å². The number of hydrogen-bond acceptors (Lipinski definition) is 4. The second kappa shape index (κ2) is 4.65. The number of hydrogen-bond donors (Lipinski definition) is 4. The molecule has 0 unspecified atom stereocenters. The average Bonchev–Trinajstić information content (AvgIpc) is 2.02. The third-order valence-electron chi connectivity index (χ3n) is 1.09. The minimum absolute atomic E-state index is 0.472. The number of allylic oxidation sites excluding steroid dienone is 2. The van der Waals surface area contributed by atoms with Gasteiger partial charge in [0, 0.05) is 0 Å². The van der Waals surface area contributed by atoms with Crippen LogP contribution in [0.1, 0.15) is 0 Å². The van der Waals surface area contributed by atoms with Gasteiger partial charge in [0.2, 0.25) is 5.76 Å². The van der Waals surface area contributed by atoms with Crippen LogP contribution in [-0.2, 0) is 14.4 Å². The summed E-state index contributed by atoms with van der Waals surface area (Å²) in [6, 6.07) is 0. The first-order valence-electron chi connectivity index (χ1n) is 3.17. The van der Waals surface area contributed by atoms with Crippen molar-refractivity contribution in [2.45, 2.75) is 0 Å². The fourth-order valence-corrected chi connectivity index (χ4v) is 0.468. The maximum atomic E-state index is 10.2. The molecule has 0 aromatic heterocycles. The average molecular weight is 202 g/mol. The number of aliphatic hydroxyl groups is 1. The predicted molar refractivity (Wildman–Crippen MR) is 41.7 cm³/mol. The van der Waals surface area contributed by atoms with Gasteiger partial charge in [0.1, 0.15) is 5.57 Å². The van der Waals surface area contributed by atoms with Crippen LogP contribution in [0.4, 0.5) is 0 Å². The smallest absolute Gasteiger partial charge is 0.370 e. The summed E-state index contributed by atoms with van der Waals surface area (Å²) in [7, 11) is 0. The molecule has 0 aromatic rings. The molecule has 0 aromatic carbocycles. The second-order valence-electron chi connectivity index (χ2n) is 2.05. The van der Waals surface area contributed by atoms with E-state index in [1.165, 1.54) is 0 Å². The minimum atomic E-state index is -1.73. The first kappa shape index (κ1) is 11.7.